The summed E-state index contributed by atoms with van der Waals surface area (Å²) in [6.45, 7) is 11.3. The van der Waals surface area contributed by atoms with E-state index in [0.29, 0.717) is 10.8 Å². The van der Waals surface area contributed by atoms with Gasteiger partial charge < -0.3 is 10.1 Å². The molecule has 0 aliphatic rings. The van der Waals surface area contributed by atoms with E-state index in [1.165, 1.54) is 0 Å². The van der Waals surface area contributed by atoms with E-state index in [4.69, 9.17) is 4.74 Å². The highest BCUT2D eigenvalue weighted by molar-refractivity contribution is 7.99. The van der Waals surface area contributed by atoms with Crippen molar-refractivity contribution in [1.82, 2.24) is 5.32 Å². The number of thioether (sulfide) groups is 1. The van der Waals surface area contributed by atoms with Gasteiger partial charge in [0, 0.05) is 23.9 Å². The van der Waals surface area contributed by atoms with Gasteiger partial charge in [0.2, 0.25) is 0 Å². The van der Waals surface area contributed by atoms with Gasteiger partial charge in [-0.1, -0.05) is 0 Å². The van der Waals surface area contributed by atoms with Crippen molar-refractivity contribution in [1.29, 1.82) is 0 Å². The van der Waals surface area contributed by atoms with Gasteiger partial charge in [0.25, 0.3) is 0 Å². The van der Waals surface area contributed by atoms with E-state index in [2.05, 4.69) is 32.3 Å². The number of rotatable bonds is 7. The van der Waals surface area contributed by atoms with Crippen molar-refractivity contribution in [3.8, 4) is 0 Å². The van der Waals surface area contributed by atoms with E-state index in [1.54, 1.807) is 0 Å². The lowest BCUT2D eigenvalue weighted by atomic mass is 10.2. The van der Waals surface area contributed by atoms with Gasteiger partial charge in [-0.05, 0) is 34.0 Å². The summed E-state index contributed by atoms with van der Waals surface area (Å²) in [6, 6.07) is 0.450. The quantitative estimate of drug-likeness (QED) is 0.688. The average Bonchev–Trinajstić information content (AvgIpc) is 2.11. The van der Waals surface area contributed by atoms with E-state index in [9.17, 15) is 0 Å². The third kappa shape index (κ3) is 7.35. The number of ether oxygens (including phenoxy) is 1. The van der Waals surface area contributed by atoms with E-state index < -0.39 is 0 Å². The molecule has 80 valence electrons. The molecule has 0 fully saturated rings. The summed E-state index contributed by atoms with van der Waals surface area (Å²) in [6.07, 6.45) is 2.15. The van der Waals surface area contributed by atoms with Crippen molar-refractivity contribution in [2.45, 2.75) is 38.5 Å². The summed E-state index contributed by atoms with van der Waals surface area (Å²) in [5.41, 5.74) is 0. The average molecular weight is 205 g/mol. The minimum absolute atomic E-state index is 0.320. The third-order valence-corrected chi connectivity index (χ3v) is 3.25. The fourth-order valence-electron chi connectivity index (χ4n) is 0.846. The zero-order valence-corrected chi connectivity index (χ0v) is 10.3. The number of hydrogen-bond acceptors (Lipinski definition) is 3. The van der Waals surface area contributed by atoms with Crippen LogP contribution in [0.3, 0.4) is 0 Å². The minimum atomic E-state index is 0.320. The molecule has 1 N–H and O–H groups in total. The van der Waals surface area contributed by atoms with Gasteiger partial charge in [-0.3, -0.25) is 0 Å². The molecule has 0 aromatic rings. The molecule has 0 bridgehead atoms. The molecule has 3 heteroatoms. The Labute approximate surface area is 86.8 Å². The third-order valence-electron chi connectivity index (χ3n) is 2.00. The summed E-state index contributed by atoms with van der Waals surface area (Å²) in [5.74, 6) is 0. The second kappa shape index (κ2) is 6.68. The second-order valence-electron chi connectivity index (χ2n) is 3.91. The molecular formula is C10H23NOS. The Kier molecular flexibility index (Phi) is 6.82. The second-order valence-corrected chi connectivity index (χ2v) is 5.42. The Morgan fingerprint density at radius 1 is 1.46 bits per heavy atom. The predicted molar refractivity (Wildman–Crippen MR) is 61.6 cm³/mol. The molecule has 0 aliphatic heterocycles. The van der Waals surface area contributed by atoms with Gasteiger partial charge in [0.05, 0.1) is 6.61 Å². The molecule has 0 aromatic carbocycles. The maximum atomic E-state index is 5.32. The van der Waals surface area contributed by atoms with Crippen LogP contribution in [0.25, 0.3) is 0 Å². The van der Waals surface area contributed by atoms with E-state index >= 15 is 0 Å². The molecular weight excluding hydrogens is 182 g/mol. The molecule has 1 atom stereocenters. The van der Waals surface area contributed by atoms with Crippen LogP contribution in [0.5, 0.6) is 0 Å². The van der Waals surface area contributed by atoms with Crippen LogP contribution in [0.15, 0.2) is 0 Å². The van der Waals surface area contributed by atoms with Crippen LogP contribution in [-0.4, -0.2) is 36.8 Å². The summed E-state index contributed by atoms with van der Waals surface area (Å²) >= 11 is 1.89. The summed E-state index contributed by atoms with van der Waals surface area (Å²) < 4.78 is 5.64. The summed E-state index contributed by atoms with van der Waals surface area (Å²) in [5, 5.41) is 3.46. The Hall–Kier alpha value is 0.270. The minimum Gasteiger partial charge on any atom is -0.380 e. The van der Waals surface area contributed by atoms with Crippen molar-refractivity contribution in [3.63, 3.8) is 0 Å². The fraction of sp³-hybridized carbons (Fsp3) is 1.00. The van der Waals surface area contributed by atoms with Crippen molar-refractivity contribution < 1.29 is 4.74 Å². The van der Waals surface area contributed by atoms with Gasteiger partial charge in [0.1, 0.15) is 0 Å². The topological polar surface area (TPSA) is 21.3 Å². The summed E-state index contributed by atoms with van der Waals surface area (Å²) in [4.78, 5) is 0. The molecule has 0 aliphatic carbocycles. The molecule has 2 nitrogen and oxygen atoms in total. The summed E-state index contributed by atoms with van der Waals surface area (Å²) in [7, 11) is 0. The zero-order chi connectivity index (χ0) is 10.3. The van der Waals surface area contributed by atoms with Crippen LogP contribution < -0.4 is 5.32 Å². The Bertz CT molecular complexity index is 128. The van der Waals surface area contributed by atoms with E-state index in [1.807, 2.05) is 18.7 Å². The lowest BCUT2D eigenvalue weighted by molar-refractivity contribution is 0.127. The molecule has 0 rings (SSSR count). The maximum Gasteiger partial charge on any atom is 0.0616 e. The molecule has 1 unspecified atom stereocenters. The maximum absolute atomic E-state index is 5.32. The van der Waals surface area contributed by atoms with Gasteiger partial charge in [0.15, 0.2) is 0 Å². The Morgan fingerprint density at radius 2 is 2.08 bits per heavy atom. The molecule has 13 heavy (non-hydrogen) atoms. The normalized spacial score (nSPS) is 14.5. The monoisotopic (exact) mass is 205 g/mol. The smallest absolute Gasteiger partial charge is 0.0616 e. The number of hydrogen-bond donors (Lipinski definition) is 1. The molecule has 0 aromatic heterocycles. The highest BCUT2D eigenvalue weighted by Gasteiger charge is 2.16. The van der Waals surface area contributed by atoms with Gasteiger partial charge in [-0.15, -0.1) is 0 Å². The van der Waals surface area contributed by atoms with Crippen LogP contribution in [-0.2, 0) is 4.74 Å². The SMILES string of the molecule is CCOCC(C)NCC(C)(C)SC. The van der Waals surface area contributed by atoms with Crippen LogP contribution in [0, 0.1) is 0 Å². The Morgan fingerprint density at radius 3 is 2.54 bits per heavy atom. The standard InChI is InChI=1S/C10H23NOS/c1-6-12-7-9(2)11-8-10(3,4)13-5/h9,11H,6-8H2,1-5H3. The highest BCUT2D eigenvalue weighted by Crippen LogP contribution is 2.19. The van der Waals surface area contributed by atoms with Gasteiger partial charge in [-0.25, -0.2) is 0 Å². The Balaban J connectivity index is 3.51. The molecule has 0 saturated heterocycles. The first kappa shape index (κ1) is 13.3. The lowest BCUT2D eigenvalue weighted by Crippen LogP contribution is -2.39. The molecule has 0 heterocycles. The first-order valence-electron chi connectivity index (χ1n) is 4.88. The van der Waals surface area contributed by atoms with Crippen molar-refractivity contribution in [3.05, 3.63) is 0 Å². The van der Waals surface area contributed by atoms with Crippen LogP contribution in [0.4, 0.5) is 0 Å². The van der Waals surface area contributed by atoms with Crippen LogP contribution in [0.1, 0.15) is 27.7 Å². The lowest BCUT2D eigenvalue weighted by Gasteiger charge is -2.25. The van der Waals surface area contributed by atoms with E-state index in [-0.39, 0.29) is 0 Å². The number of nitrogens with one attached hydrogen (secondary N) is 1. The molecule has 0 spiro atoms. The zero-order valence-electron chi connectivity index (χ0n) is 9.52. The van der Waals surface area contributed by atoms with E-state index in [0.717, 1.165) is 19.8 Å². The first-order valence-corrected chi connectivity index (χ1v) is 6.10. The predicted octanol–water partition coefficient (Wildman–Crippen LogP) is 2.14. The largest absolute Gasteiger partial charge is 0.380 e. The molecule has 0 radical (unpaired) electrons. The van der Waals surface area contributed by atoms with Crippen LogP contribution in [0.2, 0.25) is 0 Å². The van der Waals surface area contributed by atoms with Gasteiger partial charge >= 0.3 is 0 Å². The van der Waals surface area contributed by atoms with Crippen molar-refractivity contribution in [2.24, 2.45) is 0 Å². The van der Waals surface area contributed by atoms with Crippen LogP contribution >= 0.6 is 11.8 Å². The molecule has 0 amide bonds. The van der Waals surface area contributed by atoms with Crippen molar-refractivity contribution >= 4 is 11.8 Å². The fourth-order valence-corrected chi connectivity index (χ4v) is 1.07. The molecule has 0 saturated carbocycles. The van der Waals surface area contributed by atoms with Gasteiger partial charge in [-0.2, -0.15) is 11.8 Å². The first-order chi connectivity index (χ1) is 6.02. The van der Waals surface area contributed by atoms with Crippen molar-refractivity contribution in [2.75, 3.05) is 26.0 Å². The highest BCUT2D eigenvalue weighted by atomic mass is 32.2.